The van der Waals surface area contributed by atoms with Crippen LogP contribution in [0.2, 0.25) is 0 Å². The largest absolute Gasteiger partial charge is 0.497 e. The van der Waals surface area contributed by atoms with Crippen LogP contribution in [0.25, 0.3) is 16.7 Å². The lowest BCUT2D eigenvalue weighted by atomic mass is 9.90. The Morgan fingerprint density at radius 2 is 1.25 bits per heavy atom. The second-order valence-electron chi connectivity index (χ2n) is 5.44. The molecule has 1 aliphatic rings. The highest BCUT2D eigenvalue weighted by Gasteiger charge is 2.58. The molecule has 0 radical (unpaired) electrons. The summed E-state index contributed by atoms with van der Waals surface area (Å²) >= 11 is 0. The molecule has 0 heterocycles. The standard InChI is InChI=1S/C19H14F4O/c1-24-16-10-8-14(9-11-16)13-4-6-15(7-5-13)17-3-2-12-18(20,21)19(17,22)23/h2-12H,1H3. The average molecular weight is 334 g/mol. The van der Waals surface area contributed by atoms with Crippen LogP contribution in [0, 0.1) is 0 Å². The van der Waals surface area contributed by atoms with Gasteiger partial charge in [-0.3, -0.25) is 0 Å². The number of hydrogen-bond donors (Lipinski definition) is 0. The first-order valence-electron chi connectivity index (χ1n) is 7.26. The molecule has 0 aliphatic heterocycles. The molecule has 0 bridgehead atoms. The Hall–Kier alpha value is -2.56. The van der Waals surface area contributed by atoms with E-state index in [-0.39, 0.29) is 11.6 Å². The summed E-state index contributed by atoms with van der Waals surface area (Å²) in [5.74, 6) is -7.72. The van der Waals surface area contributed by atoms with Gasteiger partial charge in [0.15, 0.2) is 0 Å². The van der Waals surface area contributed by atoms with Crippen molar-refractivity contribution in [2.75, 3.05) is 7.11 Å². The van der Waals surface area contributed by atoms with Gasteiger partial charge < -0.3 is 4.74 Å². The molecule has 0 aromatic heterocycles. The van der Waals surface area contributed by atoms with Gasteiger partial charge in [-0.15, -0.1) is 0 Å². The van der Waals surface area contributed by atoms with E-state index >= 15 is 0 Å². The Labute approximate surface area is 136 Å². The number of allylic oxidation sites excluding steroid dienone is 4. The maximum absolute atomic E-state index is 14.0. The molecular weight excluding hydrogens is 320 g/mol. The molecule has 5 heteroatoms. The maximum atomic E-state index is 14.0. The number of benzene rings is 2. The zero-order chi connectivity index (χ0) is 17.4. The van der Waals surface area contributed by atoms with Crippen molar-refractivity contribution in [2.24, 2.45) is 0 Å². The van der Waals surface area contributed by atoms with Gasteiger partial charge in [-0.2, -0.15) is 17.6 Å². The van der Waals surface area contributed by atoms with E-state index in [0.717, 1.165) is 23.3 Å². The fourth-order valence-corrected chi connectivity index (χ4v) is 2.56. The van der Waals surface area contributed by atoms with E-state index in [2.05, 4.69) is 0 Å². The van der Waals surface area contributed by atoms with E-state index in [9.17, 15) is 17.6 Å². The number of ether oxygens (including phenoxy) is 1. The number of alkyl halides is 4. The zero-order valence-corrected chi connectivity index (χ0v) is 12.8. The third kappa shape index (κ3) is 2.70. The molecule has 2 aromatic rings. The molecule has 0 unspecified atom stereocenters. The molecule has 124 valence electrons. The van der Waals surface area contributed by atoms with Crippen molar-refractivity contribution < 1.29 is 22.3 Å². The van der Waals surface area contributed by atoms with E-state index in [4.69, 9.17) is 4.74 Å². The highest BCUT2D eigenvalue weighted by Crippen LogP contribution is 2.47. The van der Waals surface area contributed by atoms with Gasteiger partial charge in [-0.25, -0.2) is 0 Å². The highest BCUT2D eigenvalue weighted by molar-refractivity contribution is 5.77. The van der Waals surface area contributed by atoms with Gasteiger partial charge in [0.25, 0.3) is 0 Å². The van der Waals surface area contributed by atoms with Gasteiger partial charge in [0.1, 0.15) is 5.75 Å². The third-order valence-electron chi connectivity index (χ3n) is 3.94. The van der Waals surface area contributed by atoms with Gasteiger partial charge in [-0.1, -0.05) is 48.6 Å². The van der Waals surface area contributed by atoms with E-state index in [1.165, 1.54) is 12.1 Å². The topological polar surface area (TPSA) is 9.23 Å². The molecule has 2 aromatic carbocycles. The summed E-state index contributed by atoms with van der Waals surface area (Å²) in [5.41, 5.74) is 1.05. The minimum atomic E-state index is -4.23. The molecule has 1 nitrogen and oxygen atoms in total. The van der Waals surface area contributed by atoms with Crippen LogP contribution in [-0.2, 0) is 0 Å². The van der Waals surface area contributed by atoms with E-state index in [1.54, 1.807) is 31.4 Å². The molecule has 0 saturated heterocycles. The summed E-state index contributed by atoms with van der Waals surface area (Å²) in [5, 5.41) is 0. The monoisotopic (exact) mass is 334 g/mol. The van der Waals surface area contributed by atoms with Crippen molar-refractivity contribution in [3.63, 3.8) is 0 Å². The fraction of sp³-hybridized carbons (Fsp3) is 0.158. The van der Waals surface area contributed by atoms with Crippen molar-refractivity contribution in [3.05, 3.63) is 72.3 Å². The second kappa shape index (κ2) is 5.82. The Morgan fingerprint density at radius 3 is 1.79 bits per heavy atom. The first-order valence-corrected chi connectivity index (χ1v) is 7.26. The Balaban J connectivity index is 1.92. The summed E-state index contributed by atoms with van der Waals surface area (Å²) in [6.07, 6.45) is 2.21. The Bertz CT molecular complexity index is 787. The van der Waals surface area contributed by atoms with Gasteiger partial charge in [-0.05, 0) is 34.9 Å². The summed E-state index contributed by atoms with van der Waals surface area (Å²) in [4.78, 5) is 0. The molecule has 3 rings (SSSR count). The normalized spacial score (nSPS) is 18.1. The van der Waals surface area contributed by atoms with E-state index < -0.39 is 17.4 Å². The van der Waals surface area contributed by atoms with E-state index in [0.29, 0.717) is 5.75 Å². The first kappa shape index (κ1) is 16.3. The molecule has 24 heavy (non-hydrogen) atoms. The lowest BCUT2D eigenvalue weighted by Crippen LogP contribution is -2.41. The number of methoxy groups -OCH3 is 1. The first-order chi connectivity index (χ1) is 11.3. The quantitative estimate of drug-likeness (QED) is 0.665. The van der Waals surface area contributed by atoms with Crippen LogP contribution >= 0.6 is 0 Å². The molecule has 0 N–H and O–H groups in total. The summed E-state index contributed by atoms with van der Waals surface area (Å²) in [6, 6.07) is 13.3. The SMILES string of the molecule is COc1ccc(-c2ccc(C3=CC=CC(F)(F)C3(F)F)cc2)cc1. The van der Waals surface area contributed by atoms with Crippen LogP contribution < -0.4 is 4.74 Å². The lowest BCUT2D eigenvalue weighted by molar-refractivity contribution is -0.140. The molecule has 0 atom stereocenters. The maximum Gasteiger partial charge on any atom is 0.339 e. The van der Waals surface area contributed by atoms with Gasteiger partial charge in [0, 0.05) is 5.57 Å². The summed E-state index contributed by atoms with van der Waals surface area (Å²) in [6.45, 7) is 0. The van der Waals surface area contributed by atoms with Gasteiger partial charge >= 0.3 is 11.8 Å². The van der Waals surface area contributed by atoms with Crippen molar-refractivity contribution >= 4 is 5.57 Å². The zero-order valence-electron chi connectivity index (χ0n) is 12.8. The van der Waals surface area contributed by atoms with Crippen molar-refractivity contribution in [1.29, 1.82) is 0 Å². The number of halogens is 4. The lowest BCUT2D eigenvalue weighted by Gasteiger charge is -2.29. The van der Waals surface area contributed by atoms with Crippen LogP contribution in [0.4, 0.5) is 17.6 Å². The van der Waals surface area contributed by atoms with Gasteiger partial charge in [0.2, 0.25) is 0 Å². The Morgan fingerprint density at radius 1 is 0.750 bits per heavy atom. The van der Waals surface area contributed by atoms with Crippen molar-refractivity contribution in [2.45, 2.75) is 11.8 Å². The Kier molecular flexibility index (Phi) is 3.95. The number of hydrogen-bond acceptors (Lipinski definition) is 1. The molecule has 0 spiro atoms. The predicted octanol–water partition coefficient (Wildman–Crippen LogP) is 5.59. The highest BCUT2D eigenvalue weighted by atomic mass is 19.3. The third-order valence-corrected chi connectivity index (χ3v) is 3.94. The van der Waals surface area contributed by atoms with Crippen LogP contribution in [0.3, 0.4) is 0 Å². The van der Waals surface area contributed by atoms with Crippen LogP contribution in [0.5, 0.6) is 5.75 Å². The molecule has 0 saturated carbocycles. The molecule has 0 amide bonds. The van der Waals surface area contributed by atoms with Crippen LogP contribution in [0.15, 0.2) is 66.8 Å². The smallest absolute Gasteiger partial charge is 0.339 e. The number of rotatable bonds is 3. The molecular formula is C19H14F4O. The minimum absolute atomic E-state index is 0.0706. The van der Waals surface area contributed by atoms with Crippen molar-refractivity contribution in [3.8, 4) is 16.9 Å². The summed E-state index contributed by atoms with van der Waals surface area (Å²) in [7, 11) is 1.56. The average Bonchev–Trinajstić information content (AvgIpc) is 2.58. The van der Waals surface area contributed by atoms with Crippen LogP contribution in [-0.4, -0.2) is 19.0 Å². The predicted molar refractivity (Wildman–Crippen MR) is 85.4 cm³/mol. The second-order valence-corrected chi connectivity index (χ2v) is 5.44. The van der Waals surface area contributed by atoms with Crippen molar-refractivity contribution in [1.82, 2.24) is 0 Å². The minimum Gasteiger partial charge on any atom is -0.497 e. The molecule has 1 aliphatic carbocycles. The van der Waals surface area contributed by atoms with Gasteiger partial charge in [0.05, 0.1) is 7.11 Å². The molecule has 0 fully saturated rings. The van der Waals surface area contributed by atoms with E-state index in [1.807, 2.05) is 12.1 Å². The fourth-order valence-electron chi connectivity index (χ4n) is 2.56. The summed E-state index contributed by atoms with van der Waals surface area (Å²) < 4.78 is 59.9. The van der Waals surface area contributed by atoms with Crippen LogP contribution in [0.1, 0.15) is 5.56 Å².